The van der Waals surface area contributed by atoms with Gasteiger partial charge < -0.3 is 9.47 Å². The summed E-state index contributed by atoms with van der Waals surface area (Å²) in [6.07, 6.45) is 0.757. The predicted molar refractivity (Wildman–Crippen MR) is 73.3 cm³/mol. The van der Waals surface area contributed by atoms with Crippen molar-refractivity contribution in [3.63, 3.8) is 0 Å². The van der Waals surface area contributed by atoms with E-state index in [1.807, 2.05) is 25.7 Å². The average molecular weight is 284 g/mol. The first-order chi connectivity index (χ1) is 9.30. The van der Waals surface area contributed by atoms with E-state index in [0.717, 1.165) is 6.42 Å². The van der Waals surface area contributed by atoms with Crippen molar-refractivity contribution in [2.24, 2.45) is 0 Å². The van der Waals surface area contributed by atoms with Crippen molar-refractivity contribution in [3.05, 3.63) is 0 Å². The van der Waals surface area contributed by atoms with Crippen molar-refractivity contribution in [2.45, 2.75) is 51.8 Å². The maximum atomic E-state index is 12.1. The Morgan fingerprint density at radius 3 is 2.30 bits per heavy atom. The maximum absolute atomic E-state index is 12.1. The fourth-order valence-electron chi connectivity index (χ4n) is 2.83. The van der Waals surface area contributed by atoms with Crippen LogP contribution in [0.5, 0.6) is 0 Å². The molecule has 6 nitrogen and oxygen atoms in total. The van der Waals surface area contributed by atoms with Gasteiger partial charge in [-0.3, -0.25) is 14.6 Å². The fourth-order valence-corrected chi connectivity index (χ4v) is 2.83. The van der Waals surface area contributed by atoms with Gasteiger partial charge in [0.2, 0.25) is 0 Å². The number of fused-ring (bicyclic) bond motifs is 2. The van der Waals surface area contributed by atoms with Crippen molar-refractivity contribution in [1.29, 1.82) is 0 Å². The van der Waals surface area contributed by atoms with Crippen LogP contribution in [-0.2, 0) is 14.3 Å². The molecule has 3 aliphatic heterocycles. The van der Waals surface area contributed by atoms with Gasteiger partial charge in [-0.1, -0.05) is 0 Å². The lowest BCUT2D eigenvalue weighted by Crippen LogP contribution is -2.70. The number of carbonyl (C=O) groups is 2. The van der Waals surface area contributed by atoms with E-state index in [1.54, 1.807) is 6.92 Å². The average Bonchev–Trinajstić information content (AvgIpc) is 2.25. The largest absolute Gasteiger partial charge is 0.465 e. The summed E-state index contributed by atoms with van der Waals surface area (Å²) in [5.41, 5.74) is -0.467. The molecule has 0 N–H and O–H groups in total. The Bertz CT molecular complexity index is 379. The summed E-state index contributed by atoms with van der Waals surface area (Å²) in [7, 11) is 0. The zero-order valence-electron chi connectivity index (χ0n) is 12.7. The minimum Gasteiger partial charge on any atom is -0.465 e. The highest BCUT2D eigenvalue weighted by molar-refractivity contribution is 5.72. The molecule has 3 heterocycles. The van der Waals surface area contributed by atoms with Crippen LogP contribution >= 0.6 is 0 Å². The summed E-state index contributed by atoms with van der Waals surface area (Å²) in [4.78, 5) is 27.4. The van der Waals surface area contributed by atoms with E-state index in [4.69, 9.17) is 9.47 Å². The first-order valence-corrected chi connectivity index (χ1v) is 7.19. The third-order valence-electron chi connectivity index (χ3n) is 3.53. The second kappa shape index (κ2) is 5.60. The van der Waals surface area contributed by atoms with Gasteiger partial charge in [-0.2, -0.15) is 0 Å². The zero-order chi connectivity index (χ0) is 14.9. The van der Waals surface area contributed by atoms with Crippen LogP contribution < -0.4 is 0 Å². The Balaban J connectivity index is 1.83. The lowest BCUT2D eigenvalue weighted by molar-refractivity contribution is -0.147. The highest BCUT2D eigenvalue weighted by Gasteiger charge is 2.48. The van der Waals surface area contributed by atoms with Crippen LogP contribution in [0.2, 0.25) is 0 Å². The van der Waals surface area contributed by atoms with E-state index < -0.39 is 5.60 Å². The van der Waals surface area contributed by atoms with E-state index in [0.29, 0.717) is 26.2 Å². The van der Waals surface area contributed by atoms with Gasteiger partial charge in [-0.25, -0.2) is 4.79 Å². The van der Waals surface area contributed by atoms with Crippen LogP contribution in [0.3, 0.4) is 0 Å². The molecule has 3 fully saturated rings. The molecule has 2 bridgehead atoms. The summed E-state index contributed by atoms with van der Waals surface area (Å²) in [6, 6.07) is 0.330. The molecule has 0 aliphatic carbocycles. The monoisotopic (exact) mass is 284 g/mol. The van der Waals surface area contributed by atoms with Crippen molar-refractivity contribution in [2.75, 3.05) is 26.2 Å². The first-order valence-electron chi connectivity index (χ1n) is 7.19. The lowest BCUT2D eigenvalue weighted by atomic mass is 9.88. The maximum Gasteiger partial charge on any atom is 0.410 e. The van der Waals surface area contributed by atoms with Crippen molar-refractivity contribution >= 4 is 12.1 Å². The highest BCUT2D eigenvalue weighted by atomic mass is 16.6. The Morgan fingerprint density at radius 2 is 1.80 bits per heavy atom. The molecule has 20 heavy (non-hydrogen) atoms. The molecule has 3 saturated heterocycles. The molecule has 2 atom stereocenters. The second-order valence-electron chi connectivity index (χ2n) is 6.43. The Hall–Kier alpha value is -1.30. The van der Waals surface area contributed by atoms with Gasteiger partial charge in [0.05, 0.1) is 25.2 Å². The molecule has 3 rings (SSSR count). The minimum absolute atomic E-state index is 0.165. The standard InChI is InChI=1S/C14H24N2O4/c1-5-19-12(17)9-15-7-10-6-11(8-15)16(10)13(18)20-14(2,3)4/h10-11H,5-9H2,1-4H3/t10-,11+. The van der Waals surface area contributed by atoms with Gasteiger partial charge in [0.25, 0.3) is 0 Å². The molecule has 0 unspecified atom stereocenters. The number of amides is 1. The van der Waals surface area contributed by atoms with E-state index >= 15 is 0 Å². The van der Waals surface area contributed by atoms with Crippen molar-refractivity contribution < 1.29 is 19.1 Å². The third-order valence-corrected chi connectivity index (χ3v) is 3.53. The van der Waals surface area contributed by atoms with Crippen LogP contribution in [-0.4, -0.2) is 65.8 Å². The SMILES string of the molecule is CCOC(=O)CN1C[C@H]2C[C@@H](C1)N2C(=O)OC(C)(C)C. The smallest absolute Gasteiger partial charge is 0.410 e. The molecule has 0 aromatic rings. The summed E-state index contributed by atoms with van der Waals surface area (Å²) < 4.78 is 10.4. The molecule has 114 valence electrons. The number of piperidine rings is 1. The molecule has 0 saturated carbocycles. The number of hydrogen-bond donors (Lipinski definition) is 0. The van der Waals surface area contributed by atoms with Crippen molar-refractivity contribution in [1.82, 2.24) is 9.80 Å². The van der Waals surface area contributed by atoms with Gasteiger partial charge in [0.15, 0.2) is 0 Å². The summed E-state index contributed by atoms with van der Waals surface area (Å²) in [6.45, 7) is 9.56. The van der Waals surface area contributed by atoms with Gasteiger partial charge in [0, 0.05) is 13.1 Å². The van der Waals surface area contributed by atoms with E-state index in [9.17, 15) is 9.59 Å². The van der Waals surface area contributed by atoms with Gasteiger partial charge in [-0.05, 0) is 34.1 Å². The lowest BCUT2D eigenvalue weighted by Gasteiger charge is -2.55. The normalized spacial score (nSPS) is 25.9. The molecular formula is C14H24N2O4. The first kappa shape index (κ1) is 15.1. The summed E-state index contributed by atoms with van der Waals surface area (Å²) in [5.74, 6) is -0.197. The minimum atomic E-state index is -0.467. The number of hydrogen-bond acceptors (Lipinski definition) is 5. The molecule has 0 spiro atoms. The van der Waals surface area contributed by atoms with E-state index in [2.05, 4.69) is 4.90 Å². The molecule has 0 aromatic heterocycles. The predicted octanol–water partition coefficient (Wildman–Crippen LogP) is 1.24. The van der Waals surface area contributed by atoms with Crippen molar-refractivity contribution in [3.8, 4) is 0 Å². The van der Waals surface area contributed by atoms with Crippen LogP contribution in [0.1, 0.15) is 34.1 Å². The summed E-state index contributed by atoms with van der Waals surface area (Å²) in [5, 5.41) is 0. The Labute approximate surface area is 120 Å². The van der Waals surface area contributed by atoms with Crippen LogP contribution in [0, 0.1) is 0 Å². The Morgan fingerprint density at radius 1 is 1.20 bits per heavy atom. The van der Waals surface area contributed by atoms with E-state index in [-0.39, 0.29) is 24.1 Å². The topological polar surface area (TPSA) is 59.1 Å². The van der Waals surface area contributed by atoms with Crippen LogP contribution in [0.25, 0.3) is 0 Å². The fraction of sp³-hybridized carbons (Fsp3) is 0.857. The number of esters is 1. The molecule has 3 aliphatic rings. The third kappa shape index (κ3) is 3.42. The van der Waals surface area contributed by atoms with Gasteiger partial charge >= 0.3 is 12.1 Å². The second-order valence-corrected chi connectivity index (χ2v) is 6.43. The van der Waals surface area contributed by atoms with Gasteiger partial charge in [-0.15, -0.1) is 0 Å². The molecule has 1 amide bonds. The van der Waals surface area contributed by atoms with E-state index in [1.165, 1.54) is 0 Å². The number of piperazine rings is 1. The number of carbonyl (C=O) groups excluding carboxylic acids is 2. The zero-order valence-corrected chi connectivity index (χ0v) is 12.7. The molecule has 0 radical (unpaired) electrons. The molecular weight excluding hydrogens is 260 g/mol. The molecule has 0 aromatic carbocycles. The Kier molecular flexibility index (Phi) is 4.22. The number of rotatable bonds is 3. The van der Waals surface area contributed by atoms with Crippen LogP contribution in [0.4, 0.5) is 4.79 Å². The number of nitrogens with zero attached hydrogens (tertiary/aromatic N) is 2. The number of ether oxygens (including phenoxy) is 2. The molecule has 6 heteroatoms. The van der Waals surface area contributed by atoms with Crippen LogP contribution in [0.15, 0.2) is 0 Å². The quantitative estimate of drug-likeness (QED) is 0.730. The van der Waals surface area contributed by atoms with Gasteiger partial charge in [0.1, 0.15) is 5.60 Å². The summed E-state index contributed by atoms with van der Waals surface area (Å²) >= 11 is 0. The highest BCUT2D eigenvalue weighted by Crippen LogP contribution is 2.33.